The van der Waals surface area contributed by atoms with E-state index in [1.807, 2.05) is 26.0 Å². The minimum Gasteiger partial charge on any atom is -0.877 e. The second-order valence-electron chi connectivity index (χ2n) is 7.38. The molecule has 1 atom stereocenters. The predicted molar refractivity (Wildman–Crippen MR) is 115 cm³/mol. The minimum atomic E-state index is -1.73. The summed E-state index contributed by atoms with van der Waals surface area (Å²) in [7, 11) is 0. The monoisotopic (exact) mass is 445 g/mol. The van der Waals surface area contributed by atoms with Crippen molar-refractivity contribution < 1.29 is 54.1 Å². The number of hydrogen-bond donors (Lipinski definition) is 2. The van der Waals surface area contributed by atoms with Crippen molar-refractivity contribution in [1.82, 2.24) is 0 Å². The van der Waals surface area contributed by atoms with Gasteiger partial charge in [0.15, 0.2) is 5.60 Å². The molecule has 0 saturated carbocycles. The summed E-state index contributed by atoms with van der Waals surface area (Å²) in [6.45, 7) is 7.21. The molecule has 1 heterocycles. The SMILES string of the molecule is CCOC1=NN(c2ccc(NC(=O)C(C)(O)c3ccc(C)cc3C)cc2)C(=O)/C1=C/[O-].[Na+]. The molecule has 2 aromatic rings. The van der Waals surface area contributed by atoms with Crippen molar-refractivity contribution in [1.29, 1.82) is 0 Å². The Morgan fingerprint density at radius 1 is 1.25 bits per heavy atom. The Kier molecular flexibility index (Phi) is 8.25. The van der Waals surface area contributed by atoms with Gasteiger partial charge in [-0.2, -0.15) is 5.01 Å². The molecule has 32 heavy (non-hydrogen) atoms. The third-order valence-corrected chi connectivity index (χ3v) is 4.96. The summed E-state index contributed by atoms with van der Waals surface area (Å²) in [6.07, 6.45) is 0.417. The zero-order valence-electron chi connectivity index (χ0n) is 18.8. The third-order valence-electron chi connectivity index (χ3n) is 4.96. The number of aryl methyl sites for hydroxylation is 2. The van der Waals surface area contributed by atoms with Crippen LogP contribution in [0.1, 0.15) is 30.5 Å². The van der Waals surface area contributed by atoms with Crippen LogP contribution < -0.4 is 45.0 Å². The molecule has 0 saturated heterocycles. The number of benzene rings is 2. The largest absolute Gasteiger partial charge is 1.00 e. The Balaban J connectivity index is 0.00000363. The average molecular weight is 445 g/mol. The van der Waals surface area contributed by atoms with Crippen molar-refractivity contribution in [3.63, 3.8) is 0 Å². The van der Waals surface area contributed by atoms with Crippen molar-refractivity contribution in [3.8, 4) is 0 Å². The van der Waals surface area contributed by atoms with Gasteiger partial charge in [0.2, 0.25) is 5.90 Å². The van der Waals surface area contributed by atoms with E-state index in [4.69, 9.17) is 4.74 Å². The number of amides is 2. The summed E-state index contributed by atoms with van der Waals surface area (Å²) < 4.78 is 5.24. The Morgan fingerprint density at radius 3 is 2.47 bits per heavy atom. The van der Waals surface area contributed by atoms with Crippen molar-refractivity contribution in [2.75, 3.05) is 16.9 Å². The Morgan fingerprint density at radius 2 is 1.91 bits per heavy atom. The molecule has 0 fully saturated rings. The van der Waals surface area contributed by atoms with E-state index in [0.29, 0.717) is 23.2 Å². The molecule has 1 unspecified atom stereocenters. The second kappa shape index (κ2) is 10.3. The van der Waals surface area contributed by atoms with Crippen LogP contribution in [0.4, 0.5) is 11.4 Å². The van der Waals surface area contributed by atoms with E-state index < -0.39 is 17.4 Å². The van der Waals surface area contributed by atoms with Crippen molar-refractivity contribution in [2.24, 2.45) is 5.10 Å². The van der Waals surface area contributed by atoms with Gasteiger partial charge in [-0.1, -0.05) is 23.8 Å². The van der Waals surface area contributed by atoms with Gasteiger partial charge in [0.25, 0.3) is 11.8 Å². The van der Waals surface area contributed by atoms with E-state index in [0.717, 1.165) is 16.1 Å². The van der Waals surface area contributed by atoms with Gasteiger partial charge in [-0.15, -0.1) is 11.4 Å². The molecular formula is C23H24N3NaO5. The van der Waals surface area contributed by atoms with E-state index in [1.54, 1.807) is 37.3 Å². The first kappa shape index (κ1) is 25.6. The van der Waals surface area contributed by atoms with Gasteiger partial charge in [-0.25, -0.2) is 0 Å². The number of ether oxygens (including phenoxy) is 1. The molecule has 2 amide bonds. The van der Waals surface area contributed by atoms with Crippen LogP contribution in [-0.4, -0.2) is 29.4 Å². The Hall–Kier alpha value is -2.65. The maximum Gasteiger partial charge on any atom is 1.00 e. The fourth-order valence-electron chi connectivity index (χ4n) is 3.34. The quantitative estimate of drug-likeness (QED) is 0.352. The molecule has 2 aromatic carbocycles. The van der Waals surface area contributed by atoms with Crippen molar-refractivity contribution in [2.45, 2.75) is 33.3 Å². The first-order valence-corrected chi connectivity index (χ1v) is 9.79. The zero-order chi connectivity index (χ0) is 22.8. The molecule has 0 aliphatic carbocycles. The number of hydrogen-bond acceptors (Lipinski definition) is 6. The number of hydrazone groups is 1. The first-order valence-electron chi connectivity index (χ1n) is 9.79. The normalized spacial score (nSPS) is 16.3. The summed E-state index contributed by atoms with van der Waals surface area (Å²) in [6, 6.07) is 11.8. The minimum absolute atomic E-state index is 0. The molecule has 0 radical (unpaired) electrons. The first-order chi connectivity index (χ1) is 14.7. The van der Waals surface area contributed by atoms with Crippen LogP contribution in [0.2, 0.25) is 0 Å². The topological polar surface area (TPSA) is 114 Å². The maximum absolute atomic E-state index is 12.8. The smallest absolute Gasteiger partial charge is 0.877 e. The Bertz CT molecular complexity index is 1080. The number of nitrogens with zero attached hydrogens (tertiary/aromatic N) is 2. The summed E-state index contributed by atoms with van der Waals surface area (Å²) in [5.74, 6) is -1.20. The number of nitrogens with one attached hydrogen (secondary N) is 1. The zero-order valence-corrected chi connectivity index (χ0v) is 20.8. The molecule has 9 heteroatoms. The van der Waals surface area contributed by atoms with Crippen molar-refractivity contribution in [3.05, 3.63) is 71.0 Å². The van der Waals surface area contributed by atoms with E-state index >= 15 is 0 Å². The van der Waals surface area contributed by atoms with E-state index in [2.05, 4.69) is 10.4 Å². The van der Waals surface area contributed by atoms with Crippen molar-refractivity contribution >= 4 is 29.1 Å². The molecule has 8 nitrogen and oxygen atoms in total. The summed E-state index contributed by atoms with van der Waals surface area (Å²) in [5, 5.41) is 29.8. The van der Waals surface area contributed by atoms with Gasteiger partial charge < -0.3 is 20.3 Å². The fourth-order valence-corrected chi connectivity index (χ4v) is 3.34. The van der Waals surface area contributed by atoms with Crippen LogP contribution in [0.15, 0.2) is 59.4 Å². The number of rotatable bonds is 5. The second-order valence-corrected chi connectivity index (χ2v) is 7.38. The molecule has 0 aromatic heterocycles. The fraction of sp³-hybridized carbons (Fsp3) is 0.261. The van der Waals surface area contributed by atoms with Crippen LogP contribution >= 0.6 is 0 Å². The Labute approximate surface area is 208 Å². The standard InChI is InChI=1S/C23H25N3O5.Na/c1-5-31-20-18(13-27)21(28)26(25-20)17-9-7-16(8-10-17)24-22(29)23(4,30)19-11-6-14(2)12-15(19)3;/h6-13,27,30H,5H2,1-4H3,(H,24,29);/q;+1/p-1/b18-13+;. The van der Waals surface area contributed by atoms with Gasteiger partial charge in [-0.05, 0) is 63.1 Å². The summed E-state index contributed by atoms with van der Waals surface area (Å²) >= 11 is 0. The van der Waals surface area contributed by atoms with Gasteiger partial charge in [0, 0.05) is 5.69 Å². The van der Waals surface area contributed by atoms with Crippen LogP contribution in [-0.2, 0) is 19.9 Å². The summed E-state index contributed by atoms with van der Waals surface area (Å²) in [5.41, 5.74) is 1.32. The maximum atomic E-state index is 12.8. The average Bonchev–Trinajstić information content (AvgIpc) is 3.03. The molecule has 0 bridgehead atoms. The van der Waals surface area contributed by atoms with Crippen LogP contribution in [0, 0.1) is 13.8 Å². The molecular weight excluding hydrogens is 421 g/mol. The molecule has 1 aliphatic rings. The van der Waals surface area contributed by atoms with E-state index in [9.17, 15) is 19.8 Å². The number of carbonyl (C=O) groups excluding carboxylic acids is 2. The van der Waals surface area contributed by atoms with Gasteiger partial charge in [0.05, 0.1) is 17.9 Å². The van der Waals surface area contributed by atoms with E-state index in [-0.39, 0.29) is 47.6 Å². The third kappa shape index (κ3) is 5.05. The number of carbonyl (C=O) groups is 2. The number of anilines is 2. The van der Waals surface area contributed by atoms with Crippen LogP contribution in [0.3, 0.4) is 0 Å². The van der Waals surface area contributed by atoms with Gasteiger partial charge in [-0.3, -0.25) is 9.59 Å². The molecule has 2 N–H and O–H groups in total. The van der Waals surface area contributed by atoms with Gasteiger partial charge in [0.1, 0.15) is 0 Å². The predicted octanol–water partition coefficient (Wildman–Crippen LogP) is -0.906. The van der Waals surface area contributed by atoms with E-state index in [1.165, 1.54) is 6.92 Å². The molecule has 1 aliphatic heterocycles. The molecule has 0 spiro atoms. The van der Waals surface area contributed by atoms with Gasteiger partial charge >= 0.3 is 29.6 Å². The molecule has 162 valence electrons. The molecule has 3 rings (SSSR count). The summed E-state index contributed by atoms with van der Waals surface area (Å²) in [4.78, 5) is 25.1. The van der Waals surface area contributed by atoms with Crippen LogP contribution in [0.5, 0.6) is 0 Å². The number of aliphatic hydroxyl groups is 1. The van der Waals surface area contributed by atoms with Crippen LogP contribution in [0.25, 0.3) is 0 Å².